The Kier molecular flexibility index (Phi) is 4.29. The number of hydrogen-bond acceptors (Lipinski definition) is 3. The van der Waals surface area contributed by atoms with Crippen molar-refractivity contribution in [2.24, 2.45) is 0 Å². The SMILES string of the molecule is CC(C)OC(=O)c1cccc(-c2ccc(-c3ccco3)cc2)c1. The number of hydrogen-bond donors (Lipinski definition) is 0. The largest absolute Gasteiger partial charge is 0.464 e. The van der Waals surface area contributed by atoms with Crippen LogP contribution in [0.15, 0.2) is 71.3 Å². The highest BCUT2D eigenvalue weighted by Gasteiger charge is 2.10. The van der Waals surface area contributed by atoms with Gasteiger partial charge in [0.05, 0.1) is 17.9 Å². The summed E-state index contributed by atoms with van der Waals surface area (Å²) < 4.78 is 10.6. The van der Waals surface area contributed by atoms with Gasteiger partial charge in [0.1, 0.15) is 5.76 Å². The van der Waals surface area contributed by atoms with Gasteiger partial charge in [-0.1, -0.05) is 36.4 Å². The van der Waals surface area contributed by atoms with E-state index in [4.69, 9.17) is 9.15 Å². The predicted molar refractivity (Wildman–Crippen MR) is 90.1 cm³/mol. The summed E-state index contributed by atoms with van der Waals surface area (Å²) in [6.45, 7) is 3.68. The van der Waals surface area contributed by atoms with Gasteiger partial charge in [-0.15, -0.1) is 0 Å². The molecular formula is C20H18O3. The van der Waals surface area contributed by atoms with Crippen molar-refractivity contribution < 1.29 is 13.9 Å². The zero-order valence-electron chi connectivity index (χ0n) is 13.2. The van der Waals surface area contributed by atoms with Crippen molar-refractivity contribution in [3.8, 4) is 22.5 Å². The van der Waals surface area contributed by atoms with Gasteiger partial charge in [0.15, 0.2) is 0 Å². The first-order valence-electron chi connectivity index (χ1n) is 7.59. The van der Waals surface area contributed by atoms with Crippen LogP contribution in [0.5, 0.6) is 0 Å². The Hall–Kier alpha value is -2.81. The molecule has 0 saturated heterocycles. The Labute approximate surface area is 135 Å². The van der Waals surface area contributed by atoms with Crippen molar-refractivity contribution in [2.75, 3.05) is 0 Å². The molecule has 3 heteroatoms. The number of carbonyl (C=O) groups excluding carboxylic acids is 1. The van der Waals surface area contributed by atoms with E-state index in [0.717, 1.165) is 22.5 Å². The average Bonchev–Trinajstić information content (AvgIpc) is 3.09. The Bertz CT molecular complexity index is 784. The second-order valence-corrected chi connectivity index (χ2v) is 5.59. The van der Waals surface area contributed by atoms with E-state index >= 15 is 0 Å². The maximum absolute atomic E-state index is 12.0. The summed E-state index contributed by atoms with van der Waals surface area (Å²) in [5.41, 5.74) is 3.61. The quantitative estimate of drug-likeness (QED) is 0.623. The van der Waals surface area contributed by atoms with Crippen LogP contribution < -0.4 is 0 Å². The van der Waals surface area contributed by atoms with Crippen LogP contribution in [0.3, 0.4) is 0 Å². The van der Waals surface area contributed by atoms with E-state index in [0.29, 0.717) is 5.56 Å². The van der Waals surface area contributed by atoms with Gasteiger partial charge in [0.2, 0.25) is 0 Å². The molecule has 0 aliphatic rings. The zero-order chi connectivity index (χ0) is 16.2. The standard InChI is InChI=1S/C20H18O3/c1-14(2)23-20(21)18-6-3-5-17(13-18)15-8-10-16(11-9-15)19-7-4-12-22-19/h3-14H,1-2H3. The number of benzene rings is 2. The lowest BCUT2D eigenvalue weighted by molar-refractivity contribution is 0.0378. The van der Waals surface area contributed by atoms with Gasteiger partial charge in [-0.05, 0) is 49.2 Å². The summed E-state index contributed by atoms with van der Waals surface area (Å²) >= 11 is 0. The minimum atomic E-state index is -0.297. The Balaban J connectivity index is 1.86. The lowest BCUT2D eigenvalue weighted by Gasteiger charge is -2.09. The molecule has 0 unspecified atom stereocenters. The third-order valence-corrected chi connectivity index (χ3v) is 3.46. The summed E-state index contributed by atoms with van der Waals surface area (Å²) in [6.07, 6.45) is 1.53. The Morgan fingerprint density at radius 1 is 0.913 bits per heavy atom. The van der Waals surface area contributed by atoms with Gasteiger partial charge in [-0.25, -0.2) is 4.79 Å². The first-order chi connectivity index (χ1) is 11.1. The van der Waals surface area contributed by atoms with E-state index in [-0.39, 0.29) is 12.1 Å². The van der Waals surface area contributed by atoms with Crippen LogP contribution in [0.1, 0.15) is 24.2 Å². The van der Waals surface area contributed by atoms with Gasteiger partial charge in [0.25, 0.3) is 0 Å². The average molecular weight is 306 g/mol. The highest BCUT2D eigenvalue weighted by atomic mass is 16.5. The van der Waals surface area contributed by atoms with Gasteiger partial charge in [0, 0.05) is 5.56 Å². The smallest absolute Gasteiger partial charge is 0.338 e. The highest BCUT2D eigenvalue weighted by Crippen LogP contribution is 2.25. The predicted octanol–water partition coefficient (Wildman–Crippen LogP) is 5.18. The maximum atomic E-state index is 12.0. The van der Waals surface area contributed by atoms with E-state index in [1.807, 2.05) is 68.4 Å². The molecule has 0 saturated carbocycles. The Morgan fingerprint density at radius 3 is 2.30 bits per heavy atom. The molecule has 0 amide bonds. The number of carbonyl (C=O) groups is 1. The second kappa shape index (κ2) is 6.53. The molecule has 3 rings (SSSR count). The van der Waals surface area contributed by atoms with Crippen molar-refractivity contribution in [1.29, 1.82) is 0 Å². The lowest BCUT2D eigenvalue weighted by atomic mass is 10.0. The molecule has 116 valence electrons. The van der Waals surface area contributed by atoms with Gasteiger partial charge < -0.3 is 9.15 Å². The summed E-state index contributed by atoms with van der Waals surface area (Å²) in [4.78, 5) is 12.0. The third-order valence-electron chi connectivity index (χ3n) is 3.46. The molecule has 0 atom stereocenters. The number of rotatable bonds is 4. The molecule has 0 spiro atoms. The fourth-order valence-corrected chi connectivity index (χ4v) is 2.38. The number of furan rings is 1. The van der Waals surface area contributed by atoms with Crippen molar-refractivity contribution in [3.63, 3.8) is 0 Å². The Morgan fingerprint density at radius 2 is 1.65 bits per heavy atom. The molecule has 0 radical (unpaired) electrons. The molecule has 3 aromatic rings. The summed E-state index contributed by atoms with van der Waals surface area (Å²) in [6, 6.07) is 19.3. The van der Waals surface area contributed by atoms with E-state index in [9.17, 15) is 4.79 Å². The van der Waals surface area contributed by atoms with Crippen LogP contribution >= 0.6 is 0 Å². The zero-order valence-corrected chi connectivity index (χ0v) is 13.2. The van der Waals surface area contributed by atoms with Crippen LogP contribution in [-0.4, -0.2) is 12.1 Å². The van der Waals surface area contributed by atoms with Crippen molar-refractivity contribution in [2.45, 2.75) is 20.0 Å². The molecule has 0 aliphatic heterocycles. The summed E-state index contributed by atoms with van der Waals surface area (Å²) in [5.74, 6) is 0.542. The minimum Gasteiger partial charge on any atom is -0.464 e. The molecule has 23 heavy (non-hydrogen) atoms. The molecular weight excluding hydrogens is 288 g/mol. The summed E-state index contributed by atoms with van der Waals surface area (Å²) in [5, 5.41) is 0. The van der Waals surface area contributed by atoms with Gasteiger partial charge in [-0.2, -0.15) is 0 Å². The molecule has 0 bridgehead atoms. The maximum Gasteiger partial charge on any atom is 0.338 e. The van der Waals surface area contributed by atoms with Crippen molar-refractivity contribution in [1.82, 2.24) is 0 Å². The van der Waals surface area contributed by atoms with Crippen LogP contribution in [0, 0.1) is 0 Å². The topological polar surface area (TPSA) is 39.4 Å². The van der Waals surface area contributed by atoms with E-state index < -0.39 is 0 Å². The minimum absolute atomic E-state index is 0.126. The molecule has 0 N–H and O–H groups in total. The molecule has 1 aromatic heterocycles. The molecule has 0 aliphatic carbocycles. The normalized spacial score (nSPS) is 10.7. The third kappa shape index (κ3) is 3.51. The van der Waals surface area contributed by atoms with Gasteiger partial charge >= 0.3 is 5.97 Å². The van der Waals surface area contributed by atoms with Crippen LogP contribution in [-0.2, 0) is 4.74 Å². The molecule has 0 fully saturated rings. The molecule has 3 nitrogen and oxygen atoms in total. The van der Waals surface area contributed by atoms with E-state index in [1.54, 1.807) is 12.3 Å². The highest BCUT2D eigenvalue weighted by molar-refractivity contribution is 5.91. The number of ether oxygens (including phenoxy) is 1. The van der Waals surface area contributed by atoms with Crippen LogP contribution in [0.2, 0.25) is 0 Å². The molecule has 1 heterocycles. The van der Waals surface area contributed by atoms with Crippen LogP contribution in [0.4, 0.5) is 0 Å². The fraction of sp³-hybridized carbons (Fsp3) is 0.150. The van der Waals surface area contributed by atoms with Crippen molar-refractivity contribution >= 4 is 5.97 Å². The monoisotopic (exact) mass is 306 g/mol. The number of esters is 1. The van der Waals surface area contributed by atoms with E-state index in [2.05, 4.69) is 0 Å². The van der Waals surface area contributed by atoms with Gasteiger partial charge in [-0.3, -0.25) is 0 Å². The lowest BCUT2D eigenvalue weighted by Crippen LogP contribution is -2.11. The van der Waals surface area contributed by atoms with E-state index in [1.165, 1.54) is 0 Å². The fourth-order valence-electron chi connectivity index (χ4n) is 2.38. The first kappa shape index (κ1) is 15.1. The molecule has 2 aromatic carbocycles. The second-order valence-electron chi connectivity index (χ2n) is 5.59. The first-order valence-corrected chi connectivity index (χ1v) is 7.59. The van der Waals surface area contributed by atoms with Crippen molar-refractivity contribution in [3.05, 3.63) is 72.5 Å². The van der Waals surface area contributed by atoms with Crippen LogP contribution in [0.25, 0.3) is 22.5 Å². The summed E-state index contributed by atoms with van der Waals surface area (Å²) in [7, 11) is 0.